The summed E-state index contributed by atoms with van der Waals surface area (Å²) in [7, 11) is 0. The number of hydrogen-bond acceptors (Lipinski definition) is 4. The van der Waals surface area contributed by atoms with E-state index in [4.69, 9.17) is 14.6 Å². The van der Waals surface area contributed by atoms with Crippen LogP contribution in [-0.4, -0.2) is 16.2 Å². The number of aromatic carboxylic acids is 1. The van der Waals surface area contributed by atoms with E-state index in [-0.39, 0.29) is 16.7 Å². The van der Waals surface area contributed by atoms with Crippen molar-refractivity contribution >= 4 is 16.9 Å². The SMILES string of the molecule is O=C(O)c1coc2ccc(O)cc2c1=O. The molecule has 2 N–H and O–H groups in total. The number of rotatable bonds is 1. The highest BCUT2D eigenvalue weighted by molar-refractivity contribution is 5.91. The van der Waals surface area contributed by atoms with E-state index in [1.165, 1.54) is 18.2 Å². The quantitative estimate of drug-likeness (QED) is 0.731. The van der Waals surface area contributed by atoms with Crippen LogP contribution in [0, 0.1) is 0 Å². The number of aromatic hydroxyl groups is 1. The summed E-state index contributed by atoms with van der Waals surface area (Å²) in [5.41, 5.74) is -0.879. The lowest BCUT2D eigenvalue weighted by molar-refractivity contribution is 0.0693. The van der Waals surface area contributed by atoms with Crippen molar-refractivity contribution < 1.29 is 19.4 Å². The summed E-state index contributed by atoms with van der Waals surface area (Å²) >= 11 is 0. The van der Waals surface area contributed by atoms with Crippen molar-refractivity contribution in [3.8, 4) is 5.75 Å². The number of carbonyl (C=O) groups is 1. The topological polar surface area (TPSA) is 87.7 Å². The maximum absolute atomic E-state index is 11.6. The fraction of sp³-hybridized carbons (Fsp3) is 0. The molecule has 0 aliphatic rings. The smallest absolute Gasteiger partial charge is 0.342 e. The zero-order valence-electron chi connectivity index (χ0n) is 7.43. The van der Waals surface area contributed by atoms with Gasteiger partial charge in [-0.3, -0.25) is 4.79 Å². The van der Waals surface area contributed by atoms with Gasteiger partial charge in [-0.05, 0) is 18.2 Å². The molecule has 0 saturated carbocycles. The molecule has 1 heterocycles. The Morgan fingerprint density at radius 2 is 2.07 bits per heavy atom. The molecule has 0 saturated heterocycles. The summed E-state index contributed by atoms with van der Waals surface area (Å²) in [6, 6.07) is 3.93. The standard InChI is InChI=1S/C10H6O5/c11-5-1-2-8-6(3-5)9(12)7(4-15-8)10(13)14/h1-4,11H,(H,13,14). The summed E-state index contributed by atoms with van der Waals surface area (Å²) in [6.07, 6.45) is 0.893. The second-order valence-corrected chi connectivity index (χ2v) is 2.96. The van der Waals surface area contributed by atoms with E-state index in [1.54, 1.807) is 0 Å². The summed E-state index contributed by atoms with van der Waals surface area (Å²) in [5, 5.41) is 17.9. The minimum absolute atomic E-state index is 0.0508. The van der Waals surface area contributed by atoms with Crippen molar-refractivity contribution in [2.75, 3.05) is 0 Å². The minimum Gasteiger partial charge on any atom is -0.508 e. The third kappa shape index (κ3) is 1.43. The van der Waals surface area contributed by atoms with Gasteiger partial charge in [0.15, 0.2) is 0 Å². The number of benzene rings is 1. The zero-order valence-corrected chi connectivity index (χ0v) is 7.43. The van der Waals surface area contributed by atoms with Crippen LogP contribution < -0.4 is 5.43 Å². The lowest BCUT2D eigenvalue weighted by Gasteiger charge is -1.98. The summed E-state index contributed by atoms with van der Waals surface area (Å²) < 4.78 is 4.95. The van der Waals surface area contributed by atoms with Crippen LogP contribution in [0.15, 0.2) is 33.7 Å². The van der Waals surface area contributed by atoms with Crippen molar-refractivity contribution in [2.24, 2.45) is 0 Å². The molecule has 15 heavy (non-hydrogen) atoms. The molecule has 1 aromatic heterocycles. The number of phenols is 1. The van der Waals surface area contributed by atoms with E-state index in [2.05, 4.69) is 0 Å². The Morgan fingerprint density at radius 3 is 2.73 bits per heavy atom. The Labute approximate surface area is 83.2 Å². The predicted molar refractivity (Wildman–Crippen MR) is 51.1 cm³/mol. The molecule has 5 heteroatoms. The predicted octanol–water partition coefficient (Wildman–Crippen LogP) is 1.20. The third-order valence-corrected chi connectivity index (χ3v) is 1.99. The van der Waals surface area contributed by atoms with Crippen LogP contribution in [0.4, 0.5) is 0 Å². The highest BCUT2D eigenvalue weighted by atomic mass is 16.4. The Hall–Kier alpha value is -2.30. The molecule has 0 aliphatic heterocycles. The van der Waals surface area contributed by atoms with Crippen molar-refractivity contribution in [1.29, 1.82) is 0 Å². The largest absolute Gasteiger partial charge is 0.508 e. The van der Waals surface area contributed by atoms with Gasteiger partial charge in [0, 0.05) is 0 Å². The van der Waals surface area contributed by atoms with Gasteiger partial charge in [-0.2, -0.15) is 0 Å². The molecule has 5 nitrogen and oxygen atoms in total. The number of hydrogen-bond donors (Lipinski definition) is 2. The Balaban J connectivity index is 2.89. The molecule has 0 atom stereocenters. The van der Waals surface area contributed by atoms with E-state index in [1.807, 2.05) is 0 Å². The van der Waals surface area contributed by atoms with Gasteiger partial charge in [0.1, 0.15) is 23.2 Å². The Kier molecular flexibility index (Phi) is 1.93. The molecule has 0 fully saturated rings. The third-order valence-electron chi connectivity index (χ3n) is 1.99. The normalized spacial score (nSPS) is 10.4. The lowest BCUT2D eigenvalue weighted by atomic mass is 10.1. The Morgan fingerprint density at radius 1 is 1.33 bits per heavy atom. The van der Waals surface area contributed by atoms with Gasteiger partial charge in [-0.1, -0.05) is 0 Å². The molecule has 0 spiro atoms. The van der Waals surface area contributed by atoms with Crippen LogP contribution in [0.3, 0.4) is 0 Å². The molecule has 0 bridgehead atoms. The summed E-state index contributed by atoms with van der Waals surface area (Å²) in [4.78, 5) is 22.2. The molecule has 2 aromatic rings. The fourth-order valence-electron chi connectivity index (χ4n) is 1.27. The van der Waals surface area contributed by atoms with E-state index in [9.17, 15) is 9.59 Å². The van der Waals surface area contributed by atoms with Crippen LogP contribution in [-0.2, 0) is 0 Å². The maximum Gasteiger partial charge on any atom is 0.342 e. The summed E-state index contributed by atoms with van der Waals surface area (Å²) in [5.74, 6) is -1.47. The van der Waals surface area contributed by atoms with Crippen LogP contribution in [0.25, 0.3) is 11.0 Å². The average molecular weight is 206 g/mol. The highest BCUT2D eigenvalue weighted by Crippen LogP contribution is 2.17. The van der Waals surface area contributed by atoms with Gasteiger partial charge < -0.3 is 14.6 Å². The molecule has 1 aromatic carbocycles. The molecule has 0 radical (unpaired) electrons. The van der Waals surface area contributed by atoms with Gasteiger partial charge >= 0.3 is 5.97 Å². The molecular formula is C10H6O5. The van der Waals surface area contributed by atoms with Crippen molar-refractivity contribution in [1.82, 2.24) is 0 Å². The molecule has 0 unspecified atom stereocenters. The number of carboxylic acids is 1. The zero-order chi connectivity index (χ0) is 11.0. The molecule has 2 rings (SSSR count). The number of phenolic OH excluding ortho intramolecular Hbond substituents is 1. The van der Waals surface area contributed by atoms with Gasteiger partial charge in [0.05, 0.1) is 5.39 Å². The maximum atomic E-state index is 11.6. The summed E-state index contributed by atoms with van der Waals surface area (Å²) in [6.45, 7) is 0. The number of fused-ring (bicyclic) bond motifs is 1. The van der Waals surface area contributed by atoms with Crippen molar-refractivity contribution in [3.63, 3.8) is 0 Å². The van der Waals surface area contributed by atoms with E-state index < -0.39 is 17.0 Å². The second-order valence-electron chi connectivity index (χ2n) is 2.96. The van der Waals surface area contributed by atoms with Crippen LogP contribution in [0.1, 0.15) is 10.4 Å². The first kappa shape index (κ1) is 9.26. The number of carboxylic acid groups (broad SMARTS) is 1. The van der Waals surface area contributed by atoms with Crippen LogP contribution >= 0.6 is 0 Å². The fourth-order valence-corrected chi connectivity index (χ4v) is 1.27. The molecule has 0 aliphatic carbocycles. The van der Waals surface area contributed by atoms with Gasteiger partial charge in [-0.25, -0.2) is 4.79 Å². The van der Waals surface area contributed by atoms with Crippen molar-refractivity contribution in [2.45, 2.75) is 0 Å². The van der Waals surface area contributed by atoms with Gasteiger partial charge in [0.25, 0.3) is 0 Å². The van der Waals surface area contributed by atoms with Crippen molar-refractivity contribution in [3.05, 3.63) is 40.2 Å². The van der Waals surface area contributed by atoms with E-state index >= 15 is 0 Å². The van der Waals surface area contributed by atoms with Gasteiger partial charge in [0.2, 0.25) is 5.43 Å². The first-order valence-electron chi connectivity index (χ1n) is 4.07. The Bertz CT molecular complexity index is 596. The van der Waals surface area contributed by atoms with Gasteiger partial charge in [-0.15, -0.1) is 0 Å². The van der Waals surface area contributed by atoms with Crippen LogP contribution in [0.5, 0.6) is 5.75 Å². The minimum atomic E-state index is -1.35. The molecule has 0 amide bonds. The average Bonchev–Trinajstić information content (AvgIpc) is 2.19. The highest BCUT2D eigenvalue weighted by Gasteiger charge is 2.12. The first-order valence-corrected chi connectivity index (χ1v) is 4.07. The first-order chi connectivity index (χ1) is 7.09. The van der Waals surface area contributed by atoms with E-state index in [0.717, 1.165) is 6.26 Å². The molecular weight excluding hydrogens is 200 g/mol. The van der Waals surface area contributed by atoms with E-state index in [0.29, 0.717) is 0 Å². The monoisotopic (exact) mass is 206 g/mol. The lowest BCUT2D eigenvalue weighted by Crippen LogP contribution is -2.13. The van der Waals surface area contributed by atoms with Crippen LogP contribution in [0.2, 0.25) is 0 Å². The second kappa shape index (κ2) is 3.13. The molecule has 76 valence electrons.